The molecule has 1 aromatic carbocycles. The molecule has 2 rings (SSSR count). The van der Waals surface area contributed by atoms with Gasteiger partial charge < -0.3 is 15.4 Å². The highest BCUT2D eigenvalue weighted by Gasteiger charge is 2.15. The molecule has 0 saturated carbocycles. The fourth-order valence-corrected chi connectivity index (χ4v) is 2.64. The number of benzene rings is 1. The van der Waals surface area contributed by atoms with Gasteiger partial charge in [0.2, 0.25) is 5.91 Å². The zero-order valence-electron chi connectivity index (χ0n) is 13.6. The maximum absolute atomic E-state index is 11.9. The number of hydrogen-bond acceptors (Lipinski definition) is 4. The summed E-state index contributed by atoms with van der Waals surface area (Å²) < 4.78 is 6.37. The zero-order chi connectivity index (χ0) is 18.1. The van der Waals surface area contributed by atoms with Crippen molar-refractivity contribution in [2.45, 2.75) is 25.4 Å². The molecule has 25 heavy (non-hydrogen) atoms. The van der Waals surface area contributed by atoms with Crippen LogP contribution in [-0.4, -0.2) is 42.7 Å². The lowest BCUT2D eigenvalue weighted by atomic mass is 10.2. The molecule has 1 fully saturated rings. The Bertz CT molecular complexity index is 606. The van der Waals surface area contributed by atoms with Gasteiger partial charge in [-0.25, -0.2) is 0 Å². The Hall–Kier alpha value is -1.71. The second kappa shape index (κ2) is 10.3. The van der Waals surface area contributed by atoms with Gasteiger partial charge in [0, 0.05) is 36.2 Å². The summed E-state index contributed by atoms with van der Waals surface area (Å²) in [5.41, 5.74) is 5.66. The maximum Gasteiger partial charge on any atom is 0.251 e. The summed E-state index contributed by atoms with van der Waals surface area (Å²) in [5.74, 6) is -0.487. The number of thiocarbonyl (C=S) groups is 1. The van der Waals surface area contributed by atoms with Gasteiger partial charge in [-0.05, 0) is 49.3 Å². The number of hydrogen-bond donors (Lipinski definition) is 4. The highest BCUT2D eigenvalue weighted by molar-refractivity contribution is 9.10. The monoisotopic (exact) mass is 428 g/mol. The standard InChI is InChI=1S/C16H21BrN4O3S/c17-12-5-3-11(4-6-12)15(23)18-8-7-14(22)20-21-16(25)19-10-13-2-1-9-24-13/h3-6,13H,1-2,7-10H2,(H,18,23)(H,20,22)(H2,19,21,25). The predicted octanol–water partition coefficient (Wildman–Crippen LogP) is 1.24. The Morgan fingerprint density at radius 3 is 2.64 bits per heavy atom. The molecule has 1 aliphatic heterocycles. The molecule has 0 bridgehead atoms. The highest BCUT2D eigenvalue weighted by atomic mass is 79.9. The van der Waals surface area contributed by atoms with Gasteiger partial charge in [-0.15, -0.1) is 0 Å². The lowest BCUT2D eigenvalue weighted by Gasteiger charge is -2.14. The molecule has 1 heterocycles. The fourth-order valence-electron chi connectivity index (χ4n) is 2.24. The summed E-state index contributed by atoms with van der Waals surface area (Å²) in [6.07, 6.45) is 2.39. The van der Waals surface area contributed by atoms with E-state index in [-0.39, 0.29) is 30.9 Å². The summed E-state index contributed by atoms with van der Waals surface area (Å²) in [6.45, 7) is 1.64. The van der Waals surface area contributed by atoms with Crippen molar-refractivity contribution in [1.82, 2.24) is 21.5 Å². The van der Waals surface area contributed by atoms with Crippen molar-refractivity contribution in [1.29, 1.82) is 0 Å². The number of ether oxygens (including phenoxy) is 1. The van der Waals surface area contributed by atoms with E-state index in [4.69, 9.17) is 17.0 Å². The first-order chi connectivity index (χ1) is 12.0. The van der Waals surface area contributed by atoms with E-state index in [9.17, 15) is 9.59 Å². The molecule has 1 unspecified atom stereocenters. The van der Waals surface area contributed by atoms with Gasteiger partial charge in [-0.1, -0.05) is 15.9 Å². The van der Waals surface area contributed by atoms with Crippen LogP contribution in [-0.2, 0) is 9.53 Å². The van der Waals surface area contributed by atoms with Crippen molar-refractivity contribution >= 4 is 45.1 Å². The van der Waals surface area contributed by atoms with Crippen LogP contribution in [0, 0.1) is 0 Å². The van der Waals surface area contributed by atoms with Crippen LogP contribution in [0.1, 0.15) is 29.6 Å². The molecule has 0 radical (unpaired) electrons. The molecule has 0 spiro atoms. The van der Waals surface area contributed by atoms with E-state index in [0.29, 0.717) is 17.2 Å². The molecular weight excluding hydrogens is 408 g/mol. The molecular formula is C16H21BrN4O3S. The molecule has 0 aliphatic carbocycles. The van der Waals surface area contributed by atoms with Crippen molar-refractivity contribution in [2.75, 3.05) is 19.7 Å². The average Bonchev–Trinajstić information content (AvgIpc) is 3.12. The molecule has 1 saturated heterocycles. The molecule has 1 aromatic rings. The Morgan fingerprint density at radius 1 is 1.20 bits per heavy atom. The molecule has 1 aliphatic rings. The number of carbonyl (C=O) groups is 2. The van der Waals surface area contributed by atoms with Crippen molar-refractivity contribution < 1.29 is 14.3 Å². The van der Waals surface area contributed by atoms with E-state index < -0.39 is 0 Å². The molecule has 136 valence electrons. The second-order valence-corrected chi connectivity index (χ2v) is 6.85. The Balaban J connectivity index is 1.56. The van der Waals surface area contributed by atoms with E-state index in [0.717, 1.165) is 23.9 Å². The fraction of sp³-hybridized carbons (Fsp3) is 0.438. The first-order valence-electron chi connectivity index (χ1n) is 8.02. The van der Waals surface area contributed by atoms with Crippen molar-refractivity contribution in [2.24, 2.45) is 0 Å². The largest absolute Gasteiger partial charge is 0.376 e. The Morgan fingerprint density at radius 2 is 1.96 bits per heavy atom. The molecule has 9 heteroatoms. The van der Waals surface area contributed by atoms with Gasteiger partial charge in [0.15, 0.2) is 5.11 Å². The second-order valence-electron chi connectivity index (χ2n) is 5.53. The number of rotatable bonds is 6. The van der Waals surface area contributed by atoms with Crippen LogP contribution in [0.3, 0.4) is 0 Å². The quantitative estimate of drug-likeness (QED) is 0.402. The van der Waals surface area contributed by atoms with Crippen molar-refractivity contribution in [3.63, 3.8) is 0 Å². The van der Waals surface area contributed by atoms with E-state index in [1.165, 1.54) is 0 Å². The third kappa shape index (κ3) is 7.37. The summed E-state index contributed by atoms with van der Waals surface area (Å²) in [6, 6.07) is 6.99. The third-order valence-electron chi connectivity index (χ3n) is 3.57. The van der Waals surface area contributed by atoms with Crippen LogP contribution in [0.25, 0.3) is 0 Å². The first kappa shape index (κ1) is 19.6. The molecule has 7 nitrogen and oxygen atoms in total. The van der Waals surface area contributed by atoms with Gasteiger partial charge in [0.25, 0.3) is 5.91 Å². The number of hydrazine groups is 1. The Kier molecular flexibility index (Phi) is 8.10. The van der Waals surface area contributed by atoms with Gasteiger partial charge in [0.05, 0.1) is 6.10 Å². The van der Waals surface area contributed by atoms with Crippen LogP contribution in [0.15, 0.2) is 28.7 Å². The normalized spacial score (nSPS) is 16.1. The van der Waals surface area contributed by atoms with Gasteiger partial charge in [-0.2, -0.15) is 0 Å². The molecule has 0 aromatic heterocycles. The summed E-state index contributed by atoms with van der Waals surface area (Å²) in [7, 11) is 0. The van der Waals surface area contributed by atoms with Crippen LogP contribution < -0.4 is 21.5 Å². The van der Waals surface area contributed by atoms with Gasteiger partial charge >= 0.3 is 0 Å². The first-order valence-corrected chi connectivity index (χ1v) is 9.23. The predicted molar refractivity (Wildman–Crippen MR) is 102 cm³/mol. The van der Waals surface area contributed by atoms with Crippen molar-refractivity contribution in [3.8, 4) is 0 Å². The van der Waals surface area contributed by atoms with Gasteiger partial charge in [-0.3, -0.25) is 20.4 Å². The molecule has 2 amide bonds. The summed E-state index contributed by atoms with van der Waals surface area (Å²) in [4.78, 5) is 23.6. The third-order valence-corrected chi connectivity index (χ3v) is 4.35. The Labute approximate surface area is 160 Å². The average molecular weight is 429 g/mol. The van der Waals surface area contributed by atoms with E-state index in [2.05, 4.69) is 37.4 Å². The number of amides is 2. The zero-order valence-corrected chi connectivity index (χ0v) is 16.0. The van der Waals surface area contributed by atoms with Crippen LogP contribution in [0.4, 0.5) is 0 Å². The smallest absolute Gasteiger partial charge is 0.251 e. The lowest BCUT2D eigenvalue weighted by molar-refractivity contribution is -0.121. The van der Waals surface area contributed by atoms with E-state index in [1.807, 2.05) is 0 Å². The lowest BCUT2D eigenvalue weighted by Crippen LogP contribution is -2.48. The topological polar surface area (TPSA) is 91.5 Å². The minimum atomic E-state index is -0.266. The van der Waals surface area contributed by atoms with Crippen LogP contribution >= 0.6 is 28.1 Å². The minimum Gasteiger partial charge on any atom is -0.376 e. The molecule has 4 N–H and O–H groups in total. The molecule has 1 atom stereocenters. The minimum absolute atomic E-state index is 0.142. The number of carbonyl (C=O) groups excluding carboxylic acids is 2. The van der Waals surface area contributed by atoms with Crippen LogP contribution in [0.5, 0.6) is 0 Å². The van der Waals surface area contributed by atoms with E-state index in [1.54, 1.807) is 24.3 Å². The number of nitrogens with one attached hydrogen (secondary N) is 4. The van der Waals surface area contributed by atoms with Gasteiger partial charge in [0.1, 0.15) is 0 Å². The van der Waals surface area contributed by atoms with Crippen molar-refractivity contribution in [3.05, 3.63) is 34.3 Å². The SMILES string of the molecule is O=C(CCNC(=O)c1ccc(Br)cc1)NNC(=S)NCC1CCCO1. The maximum atomic E-state index is 11.9. The van der Waals surface area contributed by atoms with E-state index >= 15 is 0 Å². The summed E-state index contributed by atoms with van der Waals surface area (Å²) in [5, 5.41) is 6.01. The van der Waals surface area contributed by atoms with Crippen LogP contribution in [0.2, 0.25) is 0 Å². The summed E-state index contributed by atoms with van der Waals surface area (Å²) >= 11 is 8.38. The number of halogens is 1. The highest BCUT2D eigenvalue weighted by Crippen LogP contribution is 2.11.